The van der Waals surface area contributed by atoms with E-state index in [0.717, 1.165) is 12.1 Å². The minimum atomic E-state index is -4.06. The van der Waals surface area contributed by atoms with Crippen molar-refractivity contribution in [3.05, 3.63) is 32.3 Å². The highest BCUT2D eigenvalue weighted by Gasteiger charge is 2.22. The molecule has 0 spiro atoms. The minimum Gasteiger partial charge on any atom is -0.258 e. The molecule has 1 rings (SSSR count). The van der Waals surface area contributed by atoms with Gasteiger partial charge in [-0.2, -0.15) is 5.26 Å². The molecule has 1 aromatic carbocycles. The molecular formula is C7H2BrClN2O4S. The molecule has 0 aliphatic carbocycles. The molecule has 0 radical (unpaired) electrons. The Morgan fingerprint density at radius 2 is 2.06 bits per heavy atom. The lowest BCUT2D eigenvalue weighted by atomic mass is 10.2. The van der Waals surface area contributed by atoms with Crippen molar-refractivity contribution < 1.29 is 13.3 Å². The first-order valence-corrected chi connectivity index (χ1v) is 6.70. The molecular weight excluding hydrogens is 324 g/mol. The second-order valence-electron chi connectivity index (χ2n) is 2.61. The SMILES string of the molecule is N#Cc1cc(S(=O)(=O)Cl)c(Br)cc1[N+](=O)[O-]. The standard InChI is InChI=1S/C7H2BrClN2O4S/c8-5-2-6(11(12)13)4(3-10)1-7(5)16(9,14)15/h1-2H. The fourth-order valence-electron chi connectivity index (χ4n) is 0.970. The highest BCUT2D eigenvalue weighted by Crippen LogP contribution is 2.31. The maximum absolute atomic E-state index is 11.1. The van der Waals surface area contributed by atoms with Crippen LogP contribution in [0.15, 0.2) is 21.5 Å². The quantitative estimate of drug-likeness (QED) is 0.471. The summed E-state index contributed by atoms with van der Waals surface area (Å²) in [5, 5.41) is 19.2. The fourth-order valence-corrected chi connectivity index (χ4v) is 3.15. The molecule has 0 bridgehead atoms. The average Bonchev–Trinajstić information content (AvgIpc) is 2.15. The predicted molar refractivity (Wildman–Crippen MR) is 58.6 cm³/mol. The van der Waals surface area contributed by atoms with E-state index in [-0.39, 0.29) is 14.9 Å². The molecule has 1 aromatic rings. The number of halogens is 2. The first-order chi connectivity index (χ1) is 7.27. The molecule has 0 N–H and O–H groups in total. The summed E-state index contributed by atoms with van der Waals surface area (Å²) in [5.74, 6) is 0. The van der Waals surface area contributed by atoms with Gasteiger partial charge in [0.25, 0.3) is 14.7 Å². The van der Waals surface area contributed by atoms with Crippen LogP contribution in [0, 0.1) is 21.4 Å². The highest BCUT2D eigenvalue weighted by molar-refractivity contribution is 9.10. The van der Waals surface area contributed by atoms with E-state index in [2.05, 4.69) is 15.9 Å². The van der Waals surface area contributed by atoms with Crippen LogP contribution < -0.4 is 0 Å². The van der Waals surface area contributed by atoms with Gasteiger partial charge in [0, 0.05) is 21.2 Å². The molecule has 0 aliphatic rings. The Bertz CT molecular complexity index is 608. The Morgan fingerprint density at radius 1 is 1.50 bits per heavy atom. The highest BCUT2D eigenvalue weighted by atomic mass is 79.9. The van der Waals surface area contributed by atoms with Crippen LogP contribution in [-0.2, 0) is 9.05 Å². The minimum absolute atomic E-state index is 0.0619. The normalized spacial score (nSPS) is 10.8. The lowest BCUT2D eigenvalue weighted by molar-refractivity contribution is -0.385. The molecule has 9 heteroatoms. The number of rotatable bonds is 2. The number of hydrogen-bond donors (Lipinski definition) is 0. The van der Waals surface area contributed by atoms with Crippen LogP contribution in [0.3, 0.4) is 0 Å². The third-order valence-electron chi connectivity index (χ3n) is 1.63. The van der Waals surface area contributed by atoms with Gasteiger partial charge in [0.2, 0.25) is 0 Å². The molecule has 0 saturated heterocycles. The number of nitriles is 1. The zero-order valence-electron chi connectivity index (χ0n) is 7.35. The van der Waals surface area contributed by atoms with E-state index in [1.165, 1.54) is 6.07 Å². The summed E-state index contributed by atoms with van der Waals surface area (Å²) in [6, 6.07) is 3.31. The number of nitro groups is 1. The predicted octanol–water partition coefficient (Wildman–Crippen LogP) is 2.16. The molecule has 84 valence electrons. The Balaban J connectivity index is 3.64. The first-order valence-electron chi connectivity index (χ1n) is 3.60. The van der Waals surface area contributed by atoms with E-state index in [1.54, 1.807) is 0 Å². The van der Waals surface area contributed by atoms with Crippen LogP contribution in [0.2, 0.25) is 0 Å². The topological polar surface area (TPSA) is 101 Å². The van der Waals surface area contributed by atoms with Crippen LogP contribution in [0.1, 0.15) is 5.56 Å². The smallest absolute Gasteiger partial charge is 0.258 e. The summed E-state index contributed by atoms with van der Waals surface area (Å²) in [6.07, 6.45) is 0. The fraction of sp³-hybridized carbons (Fsp3) is 0. The van der Waals surface area contributed by atoms with Crippen molar-refractivity contribution >= 4 is 41.4 Å². The van der Waals surface area contributed by atoms with Crippen molar-refractivity contribution in [2.24, 2.45) is 0 Å². The molecule has 0 heterocycles. The van der Waals surface area contributed by atoms with Crippen LogP contribution in [-0.4, -0.2) is 13.3 Å². The van der Waals surface area contributed by atoms with Crippen LogP contribution >= 0.6 is 26.6 Å². The Labute approximate surface area is 103 Å². The molecule has 0 aromatic heterocycles. The van der Waals surface area contributed by atoms with Crippen molar-refractivity contribution in [3.63, 3.8) is 0 Å². The monoisotopic (exact) mass is 324 g/mol. The van der Waals surface area contributed by atoms with E-state index >= 15 is 0 Å². The van der Waals surface area contributed by atoms with Crippen molar-refractivity contribution in [1.82, 2.24) is 0 Å². The zero-order chi connectivity index (χ0) is 12.5. The van der Waals surface area contributed by atoms with Gasteiger partial charge in [0.05, 0.1) is 9.82 Å². The van der Waals surface area contributed by atoms with Gasteiger partial charge in [-0.3, -0.25) is 10.1 Å². The second kappa shape index (κ2) is 4.37. The molecule has 0 amide bonds. The van der Waals surface area contributed by atoms with Gasteiger partial charge in [0.15, 0.2) is 0 Å². The molecule has 0 atom stereocenters. The molecule has 0 fully saturated rings. The number of nitrogens with zero attached hydrogens (tertiary/aromatic N) is 2. The summed E-state index contributed by atoms with van der Waals surface area (Å²) in [7, 11) is 1.03. The van der Waals surface area contributed by atoms with Gasteiger partial charge >= 0.3 is 0 Å². The summed E-state index contributed by atoms with van der Waals surface area (Å²) >= 11 is 2.84. The van der Waals surface area contributed by atoms with Crippen molar-refractivity contribution in [2.75, 3.05) is 0 Å². The summed E-state index contributed by atoms with van der Waals surface area (Å²) in [6.45, 7) is 0. The molecule has 0 saturated carbocycles. The van der Waals surface area contributed by atoms with Crippen molar-refractivity contribution in [1.29, 1.82) is 5.26 Å². The van der Waals surface area contributed by atoms with E-state index in [9.17, 15) is 18.5 Å². The maximum Gasteiger partial charge on any atom is 0.288 e. The third-order valence-corrected chi connectivity index (χ3v) is 3.91. The molecule has 0 unspecified atom stereocenters. The third kappa shape index (κ3) is 2.49. The van der Waals surface area contributed by atoms with E-state index in [0.29, 0.717) is 0 Å². The Kier molecular flexibility index (Phi) is 3.52. The second-order valence-corrected chi connectivity index (χ2v) is 6.00. The van der Waals surface area contributed by atoms with Gasteiger partial charge in [0.1, 0.15) is 11.6 Å². The van der Waals surface area contributed by atoms with Gasteiger partial charge in [-0.15, -0.1) is 0 Å². The number of nitro benzene ring substituents is 1. The van der Waals surface area contributed by atoms with Crippen LogP contribution in [0.25, 0.3) is 0 Å². The summed E-state index contributed by atoms with van der Waals surface area (Å²) in [5.41, 5.74) is -0.856. The van der Waals surface area contributed by atoms with Gasteiger partial charge < -0.3 is 0 Å². The Hall–Kier alpha value is -1.17. The summed E-state index contributed by atoms with van der Waals surface area (Å²) < 4.78 is 22.1. The number of benzene rings is 1. The number of hydrogen-bond acceptors (Lipinski definition) is 5. The zero-order valence-corrected chi connectivity index (χ0v) is 10.5. The van der Waals surface area contributed by atoms with Crippen LogP contribution in [0.4, 0.5) is 5.69 Å². The van der Waals surface area contributed by atoms with Crippen molar-refractivity contribution in [3.8, 4) is 6.07 Å². The van der Waals surface area contributed by atoms with Crippen LogP contribution in [0.5, 0.6) is 0 Å². The first kappa shape index (κ1) is 12.9. The Morgan fingerprint density at radius 3 is 2.44 bits per heavy atom. The van der Waals surface area contributed by atoms with Gasteiger partial charge in [-0.25, -0.2) is 8.42 Å². The van der Waals surface area contributed by atoms with E-state index < -0.39 is 19.7 Å². The van der Waals surface area contributed by atoms with Crippen molar-refractivity contribution in [2.45, 2.75) is 4.90 Å². The summed E-state index contributed by atoms with van der Waals surface area (Å²) in [4.78, 5) is 9.38. The molecule has 16 heavy (non-hydrogen) atoms. The lowest BCUT2D eigenvalue weighted by Crippen LogP contribution is -1.98. The van der Waals surface area contributed by atoms with E-state index in [1.807, 2.05) is 0 Å². The molecule has 0 aliphatic heterocycles. The average molecular weight is 326 g/mol. The van der Waals surface area contributed by atoms with Gasteiger partial charge in [-0.05, 0) is 22.0 Å². The largest absolute Gasteiger partial charge is 0.288 e. The van der Waals surface area contributed by atoms with E-state index in [4.69, 9.17) is 15.9 Å². The lowest BCUT2D eigenvalue weighted by Gasteiger charge is -2.01. The maximum atomic E-state index is 11.1. The molecule has 6 nitrogen and oxygen atoms in total. The van der Waals surface area contributed by atoms with Gasteiger partial charge in [-0.1, -0.05) is 0 Å².